The topological polar surface area (TPSA) is 82.0 Å². The molecule has 0 bridgehead atoms. The Balaban J connectivity index is 1.74. The Morgan fingerprint density at radius 3 is 2.75 bits per heavy atom. The number of hydrogen-bond acceptors (Lipinski definition) is 4. The summed E-state index contributed by atoms with van der Waals surface area (Å²) in [5, 5.41) is 15.5. The average molecular weight is 395 g/mol. The predicted molar refractivity (Wildman–Crippen MR) is 107 cm³/mol. The van der Waals surface area contributed by atoms with E-state index in [1.54, 1.807) is 18.2 Å². The SMILES string of the molecule is Cc1cccc(NC(=O)CSC2=C(C#N)[C@H](c3ccc(F)cc3)CC(=O)N2)c1. The highest BCUT2D eigenvalue weighted by atomic mass is 32.2. The van der Waals surface area contributed by atoms with Crippen molar-refractivity contribution in [3.05, 3.63) is 76.1 Å². The van der Waals surface area contributed by atoms with E-state index in [-0.39, 0.29) is 29.8 Å². The fourth-order valence-corrected chi connectivity index (χ4v) is 3.85. The van der Waals surface area contributed by atoms with E-state index in [2.05, 4.69) is 16.7 Å². The molecule has 0 aromatic heterocycles. The van der Waals surface area contributed by atoms with Crippen LogP contribution in [-0.4, -0.2) is 17.6 Å². The summed E-state index contributed by atoms with van der Waals surface area (Å²) in [4.78, 5) is 24.4. The van der Waals surface area contributed by atoms with E-state index in [4.69, 9.17) is 0 Å². The van der Waals surface area contributed by atoms with E-state index in [0.29, 0.717) is 21.9 Å². The lowest BCUT2D eigenvalue weighted by Crippen LogP contribution is -2.31. The highest BCUT2D eigenvalue weighted by Crippen LogP contribution is 2.35. The lowest BCUT2D eigenvalue weighted by molar-refractivity contribution is -0.121. The number of benzene rings is 2. The second kappa shape index (κ2) is 8.72. The second-order valence-corrected chi connectivity index (χ2v) is 7.40. The van der Waals surface area contributed by atoms with Crippen molar-refractivity contribution in [1.82, 2.24) is 5.32 Å². The Hall–Kier alpha value is -3.11. The van der Waals surface area contributed by atoms with Crippen LogP contribution in [0, 0.1) is 24.1 Å². The summed E-state index contributed by atoms with van der Waals surface area (Å²) in [5.74, 6) is -1.27. The van der Waals surface area contributed by atoms with Crippen molar-refractivity contribution in [3.8, 4) is 6.07 Å². The van der Waals surface area contributed by atoms with E-state index in [9.17, 15) is 19.2 Å². The molecule has 3 rings (SSSR count). The zero-order chi connectivity index (χ0) is 20.1. The molecule has 1 atom stereocenters. The Morgan fingerprint density at radius 1 is 1.32 bits per heavy atom. The van der Waals surface area contributed by atoms with Crippen LogP contribution in [0.5, 0.6) is 0 Å². The van der Waals surface area contributed by atoms with Gasteiger partial charge in [-0.05, 0) is 42.3 Å². The number of aryl methyl sites for hydroxylation is 1. The van der Waals surface area contributed by atoms with Gasteiger partial charge in [0.25, 0.3) is 0 Å². The maximum absolute atomic E-state index is 13.2. The van der Waals surface area contributed by atoms with Crippen molar-refractivity contribution in [3.63, 3.8) is 0 Å². The molecule has 0 aliphatic carbocycles. The number of thioether (sulfide) groups is 1. The van der Waals surface area contributed by atoms with Crippen molar-refractivity contribution in [2.45, 2.75) is 19.3 Å². The first-order valence-corrected chi connectivity index (χ1v) is 9.63. The molecule has 0 unspecified atom stereocenters. The van der Waals surface area contributed by atoms with Gasteiger partial charge in [-0.25, -0.2) is 4.39 Å². The first-order chi connectivity index (χ1) is 13.5. The Bertz CT molecular complexity index is 980. The van der Waals surface area contributed by atoms with Crippen molar-refractivity contribution in [2.75, 3.05) is 11.1 Å². The number of hydrogen-bond donors (Lipinski definition) is 2. The smallest absolute Gasteiger partial charge is 0.234 e. The molecule has 2 N–H and O–H groups in total. The molecule has 1 aliphatic heterocycles. The summed E-state index contributed by atoms with van der Waals surface area (Å²) in [5.41, 5.74) is 2.79. The average Bonchev–Trinajstić information content (AvgIpc) is 2.66. The number of halogens is 1. The molecular formula is C21H18FN3O2S. The van der Waals surface area contributed by atoms with Gasteiger partial charge in [-0.2, -0.15) is 5.26 Å². The van der Waals surface area contributed by atoms with Crippen LogP contribution in [0.1, 0.15) is 23.5 Å². The molecule has 0 radical (unpaired) electrons. The summed E-state index contributed by atoms with van der Waals surface area (Å²) < 4.78 is 13.2. The van der Waals surface area contributed by atoms with Crippen molar-refractivity contribution in [2.24, 2.45) is 0 Å². The number of nitrogens with one attached hydrogen (secondary N) is 2. The minimum atomic E-state index is -0.457. The minimum Gasteiger partial charge on any atom is -0.325 e. The molecule has 28 heavy (non-hydrogen) atoms. The van der Waals surface area contributed by atoms with E-state index in [1.165, 1.54) is 12.1 Å². The number of carbonyl (C=O) groups excluding carboxylic acids is 2. The summed E-state index contributed by atoms with van der Waals surface area (Å²) in [6.45, 7) is 1.93. The molecule has 1 aliphatic rings. The molecule has 2 aromatic carbocycles. The molecule has 0 saturated carbocycles. The van der Waals surface area contributed by atoms with Gasteiger partial charge in [0.05, 0.1) is 22.4 Å². The zero-order valence-corrected chi connectivity index (χ0v) is 16.0. The van der Waals surface area contributed by atoms with Gasteiger partial charge >= 0.3 is 0 Å². The minimum absolute atomic E-state index is 0.0465. The summed E-state index contributed by atoms with van der Waals surface area (Å²) in [6.07, 6.45) is 0.105. The normalized spacial score (nSPS) is 16.3. The van der Waals surface area contributed by atoms with Gasteiger partial charge in [0, 0.05) is 18.0 Å². The zero-order valence-electron chi connectivity index (χ0n) is 15.2. The number of amides is 2. The maximum atomic E-state index is 13.2. The third-order valence-electron chi connectivity index (χ3n) is 4.28. The van der Waals surface area contributed by atoms with Gasteiger partial charge in [-0.3, -0.25) is 9.59 Å². The first-order valence-electron chi connectivity index (χ1n) is 8.65. The highest BCUT2D eigenvalue weighted by Gasteiger charge is 2.29. The standard InChI is InChI=1S/C21H18FN3O2S/c1-13-3-2-4-16(9-13)24-20(27)12-28-21-18(11-23)17(10-19(26)25-21)14-5-7-15(22)8-6-14/h2-9,17H,10,12H2,1H3,(H,24,27)(H,25,26)/t17-/m0/s1. The Kier molecular flexibility index (Phi) is 6.12. The van der Waals surface area contributed by atoms with Crippen LogP contribution in [0.3, 0.4) is 0 Å². The fraction of sp³-hybridized carbons (Fsp3) is 0.190. The molecule has 142 valence electrons. The number of nitriles is 1. The fourth-order valence-electron chi connectivity index (χ4n) is 2.97. The molecule has 5 nitrogen and oxygen atoms in total. The first kappa shape index (κ1) is 19.6. The molecule has 2 amide bonds. The number of carbonyl (C=O) groups is 2. The lowest BCUT2D eigenvalue weighted by atomic mass is 9.87. The van der Waals surface area contributed by atoms with Crippen molar-refractivity contribution in [1.29, 1.82) is 5.26 Å². The van der Waals surface area contributed by atoms with Gasteiger partial charge < -0.3 is 10.6 Å². The highest BCUT2D eigenvalue weighted by molar-refractivity contribution is 8.03. The van der Waals surface area contributed by atoms with Gasteiger partial charge in [-0.15, -0.1) is 0 Å². The molecule has 7 heteroatoms. The second-order valence-electron chi connectivity index (χ2n) is 6.42. The molecule has 1 heterocycles. The number of anilines is 1. The third-order valence-corrected chi connectivity index (χ3v) is 5.29. The molecular weight excluding hydrogens is 377 g/mol. The Labute approximate surface area is 166 Å². The van der Waals surface area contributed by atoms with Crippen LogP contribution in [0.4, 0.5) is 10.1 Å². The third kappa shape index (κ3) is 4.78. The van der Waals surface area contributed by atoms with E-state index in [1.807, 2.05) is 25.1 Å². The van der Waals surface area contributed by atoms with E-state index >= 15 is 0 Å². The Morgan fingerprint density at radius 2 is 2.07 bits per heavy atom. The quantitative estimate of drug-likeness (QED) is 0.806. The summed E-state index contributed by atoms with van der Waals surface area (Å²) >= 11 is 1.11. The summed E-state index contributed by atoms with van der Waals surface area (Å²) in [7, 11) is 0. The van der Waals surface area contributed by atoms with Crippen LogP contribution < -0.4 is 10.6 Å². The van der Waals surface area contributed by atoms with Crippen LogP contribution >= 0.6 is 11.8 Å². The van der Waals surface area contributed by atoms with Gasteiger partial charge in [0.2, 0.25) is 11.8 Å². The number of nitrogens with zero attached hydrogens (tertiary/aromatic N) is 1. The molecule has 0 saturated heterocycles. The number of rotatable bonds is 5. The molecule has 2 aromatic rings. The molecule has 0 fully saturated rings. The van der Waals surface area contributed by atoms with Crippen molar-refractivity contribution >= 4 is 29.3 Å². The predicted octanol–water partition coefficient (Wildman–Crippen LogP) is 3.84. The molecule has 0 spiro atoms. The van der Waals surface area contributed by atoms with Crippen LogP contribution in [0.25, 0.3) is 0 Å². The largest absolute Gasteiger partial charge is 0.325 e. The summed E-state index contributed by atoms with van der Waals surface area (Å²) in [6, 6.07) is 15.3. The van der Waals surface area contributed by atoms with E-state index in [0.717, 1.165) is 17.3 Å². The van der Waals surface area contributed by atoms with Crippen molar-refractivity contribution < 1.29 is 14.0 Å². The maximum Gasteiger partial charge on any atom is 0.234 e. The van der Waals surface area contributed by atoms with Gasteiger partial charge in [-0.1, -0.05) is 36.0 Å². The van der Waals surface area contributed by atoms with Crippen LogP contribution in [-0.2, 0) is 9.59 Å². The van der Waals surface area contributed by atoms with Gasteiger partial charge in [0.1, 0.15) is 5.82 Å². The van der Waals surface area contributed by atoms with E-state index < -0.39 is 5.92 Å². The number of allylic oxidation sites excluding steroid dienone is 1. The van der Waals surface area contributed by atoms with Crippen LogP contribution in [0.15, 0.2) is 59.1 Å². The van der Waals surface area contributed by atoms with Gasteiger partial charge in [0.15, 0.2) is 0 Å². The van der Waals surface area contributed by atoms with Crippen LogP contribution in [0.2, 0.25) is 0 Å². The monoisotopic (exact) mass is 395 g/mol. The lowest BCUT2D eigenvalue weighted by Gasteiger charge is -2.25.